The van der Waals surface area contributed by atoms with Gasteiger partial charge in [0.15, 0.2) is 5.78 Å². The third-order valence-electron chi connectivity index (χ3n) is 6.05. The van der Waals surface area contributed by atoms with E-state index in [9.17, 15) is 4.79 Å². The van der Waals surface area contributed by atoms with Gasteiger partial charge in [-0.3, -0.25) is 14.8 Å². The molecule has 3 heterocycles. The van der Waals surface area contributed by atoms with Crippen LogP contribution in [0.2, 0.25) is 0 Å². The summed E-state index contributed by atoms with van der Waals surface area (Å²) in [6.45, 7) is 5.84. The van der Waals surface area contributed by atoms with Crippen molar-refractivity contribution >= 4 is 23.4 Å². The summed E-state index contributed by atoms with van der Waals surface area (Å²) in [5, 5.41) is 4.03. The molecule has 5 rings (SSSR count). The summed E-state index contributed by atoms with van der Waals surface area (Å²) in [6.07, 6.45) is 8.33. The third kappa shape index (κ3) is 3.43. The van der Waals surface area contributed by atoms with Gasteiger partial charge in [0.2, 0.25) is 0 Å². The highest BCUT2D eigenvalue weighted by Crippen LogP contribution is 2.41. The molecule has 156 valence electrons. The lowest BCUT2D eigenvalue weighted by molar-refractivity contribution is -0.111. The molecule has 0 aromatic heterocycles. The van der Waals surface area contributed by atoms with Crippen LogP contribution in [0.3, 0.4) is 0 Å². The zero-order chi connectivity index (χ0) is 20.7. The molecule has 0 bridgehead atoms. The second-order valence-electron chi connectivity index (χ2n) is 8.14. The summed E-state index contributed by atoms with van der Waals surface area (Å²) in [5.74, 6) is 1.61. The molecule has 2 unspecified atom stereocenters. The van der Waals surface area contributed by atoms with Crippen LogP contribution >= 0.6 is 11.9 Å². The topological polar surface area (TPSA) is 53.6 Å². The maximum Gasteiger partial charge on any atom is 0.191 e. The smallest absolute Gasteiger partial charge is 0.191 e. The molecule has 2 atom stereocenters. The van der Waals surface area contributed by atoms with Crippen LogP contribution in [-0.4, -0.2) is 30.3 Å². The van der Waals surface area contributed by atoms with Crippen molar-refractivity contribution in [3.8, 4) is 0 Å². The summed E-state index contributed by atoms with van der Waals surface area (Å²) < 4.78 is 10.1. The van der Waals surface area contributed by atoms with Crippen LogP contribution in [0.25, 0.3) is 0 Å². The first-order valence-corrected chi connectivity index (χ1v) is 11.6. The van der Waals surface area contributed by atoms with E-state index in [-0.39, 0.29) is 11.8 Å². The summed E-state index contributed by atoms with van der Waals surface area (Å²) in [4.78, 5) is 15.3. The van der Waals surface area contributed by atoms with Gasteiger partial charge in [0.25, 0.3) is 0 Å². The van der Waals surface area contributed by atoms with Crippen LogP contribution in [0.1, 0.15) is 32.3 Å². The van der Waals surface area contributed by atoms with Crippen molar-refractivity contribution in [3.05, 3.63) is 76.4 Å². The number of para-hydroxylation sites is 1. The number of anilines is 1. The Labute approximate surface area is 182 Å². The van der Waals surface area contributed by atoms with E-state index in [2.05, 4.69) is 53.1 Å². The molecule has 4 aliphatic rings. The highest BCUT2D eigenvalue weighted by molar-refractivity contribution is 7.98. The molecule has 6 heteroatoms. The number of fused-ring (bicyclic) bond motifs is 4. The molecular weight excluding hydrogens is 394 g/mol. The molecule has 5 nitrogen and oxygen atoms in total. The van der Waals surface area contributed by atoms with Crippen LogP contribution in [0.4, 0.5) is 5.69 Å². The van der Waals surface area contributed by atoms with Gasteiger partial charge in [0, 0.05) is 36.5 Å². The van der Waals surface area contributed by atoms with E-state index in [0.29, 0.717) is 23.3 Å². The van der Waals surface area contributed by atoms with Gasteiger partial charge < -0.3 is 9.64 Å². The first-order valence-electron chi connectivity index (χ1n) is 10.7. The quantitative estimate of drug-likeness (QED) is 0.705. The fourth-order valence-electron chi connectivity index (χ4n) is 4.65. The first kappa shape index (κ1) is 19.7. The Hall–Kier alpha value is -2.28. The molecule has 0 saturated carbocycles. The van der Waals surface area contributed by atoms with Gasteiger partial charge >= 0.3 is 0 Å². The fourth-order valence-corrected chi connectivity index (χ4v) is 5.73. The van der Waals surface area contributed by atoms with Crippen LogP contribution < -0.4 is 14.9 Å². The number of hydrogen-bond acceptors (Lipinski definition) is 6. The maximum absolute atomic E-state index is 12.9. The molecule has 0 amide bonds. The molecule has 0 fully saturated rings. The molecule has 30 heavy (non-hydrogen) atoms. The fraction of sp³-hybridized carbons (Fsp3) is 0.375. The molecule has 1 aromatic rings. The van der Waals surface area contributed by atoms with Gasteiger partial charge in [-0.05, 0) is 37.1 Å². The Morgan fingerprint density at radius 1 is 1.30 bits per heavy atom. The Morgan fingerprint density at radius 3 is 3.03 bits per heavy atom. The van der Waals surface area contributed by atoms with Crippen molar-refractivity contribution in [2.45, 2.75) is 44.5 Å². The lowest BCUT2D eigenvalue weighted by atomic mass is 9.98. The number of hydrogen-bond donors (Lipinski definition) is 2. The van der Waals surface area contributed by atoms with Gasteiger partial charge in [-0.25, -0.2) is 0 Å². The normalized spacial score (nSPS) is 28.3. The highest BCUT2D eigenvalue weighted by Gasteiger charge is 2.36. The maximum atomic E-state index is 12.9. The minimum Gasteiger partial charge on any atom is -0.459 e. The number of carbonyl (C=O) groups excluding carboxylic acids is 1. The van der Waals surface area contributed by atoms with E-state index in [0.717, 1.165) is 37.3 Å². The van der Waals surface area contributed by atoms with E-state index in [1.54, 1.807) is 24.1 Å². The van der Waals surface area contributed by atoms with Gasteiger partial charge in [-0.2, -0.15) is 0 Å². The molecule has 0 saturated heterocycles. The van der Waals surface area contributed by atoms with Crippen molar-refractivity contribution in [2.75, 3.05) is 18.0 Å². The van der Waals surface area contributed by atoms with E-state index in [1.807, 2.05) is 6.08 Å². The molecule has 3 aliphatic heterocycles. The molecule has 1 aromatic carbocycles. The summed E-state index contributed by atoms with van der Waals surface area (Å²) >= 11 is 1.77. The van der Waals surface area contributed by atoms with Gasteiger partial charge in [0.05, 0.1) is 17.0 Å². The molecule has 2 N–H and O–H groups in total. The van der Waals surface area contributed by atoms with Crippen molar-refractivity contribution in [3.63, 3.8) is 0 Å². The Bertz CT molecular complexity index is 1010. The van der Waals surface area contributed by atoms with Crippen LogP contribution in [0.15, 0.2) is 70.9 Å². The number of nitrogens with zero attached hydrogens (tertiary/aromatic N) is 1. The Balaban J connectivity index is 1.61. The van der Waals surface area contributed by atoms with Gasteiger partial charge in [-0.15, -0.1) is 0 Å². The second kappa shape index (κ2) is 8.10. The largest absolute Gasteiger partial charge is 0.459 e. The van der Waals surface area contributed by atoms with Crippen molar-refractivity contribution in [1.29, 1.82) is 0 Å². The minimum absolute atomic E-state index is 0.0216. The number of allylic oxidation sites excluding steroid dienone is 5. The van der Waals surface area contributed by atoms with Crippen LogP contribution in [0, 0.1) is 0 Å². The van der Waals surface area contributed by atoms with Gasteiger partial charge in [-0.1, -0.05) is 49.6 Å². The Kier molecular flexibility index (Phi) is 5.31. The zero-order valence-electron chi connectivity index (χ0n) is 17.4. The number of ketones is 1. The average Bonchev–Trinajstić information content (AvgIpc) is 3.06. The van der Waals surface area contributed by atoms with Crippen LogP contribution in [-0.2, 0) is 16.0 Å². The van der Waals surface area contributed by atoms with Crippen molar-refractivity contribution < 1.29 is 9.53 Å². The monoisotopic (exact) mass is 421 g/mol. The molecule has 1 aliphatic carbocycles. The van der Waals surface area contributed by atoms with Crippen LogP contribution in [0.5, 0.6) is 0 Å². The van der Waals surface area contributed by atoms with Crippen molar-refractivity contribution in [1.82, 2.24) is 10.0 Å². The summed E-state index contributed by atoms with van der Waals surface area (Å²) in [5.41, 5.74) is 5.40. The van der Waals surface area contributed by atoms with E-state index < -0.39 is 0 Å². The lowest BCUT2D eigenvalue weighted by Gasteiger charge is -2.35. The second-order valence-corrected chi connectivity index (χ2v) is 9.24. The average molecular weight is 422 g/mol. The molecule has 0 radical (unpaired) electrons. The number of benzene rings is 1. The lowest BCUT2D eigenvalue weighted by Crippen LogP contribution is -2.43. The predicted molar refractivity (Wildman–Crippen MR) is 122 cm³/mol. The van der Waals surface area contributed by atoms with E-state index in [1.165, 1.54) is 16.8 Å². The predicted octanol–water partition coefficient (Wildman–Crippen LogP) is 3.97. The molecule has 0 spiro atoms. The number of nitrogens with one attached hydrogen (secondary N) is 2. The van der Waals surface area contributed by atoms with E-state index >= 15 is 0 Å². The SMILES string of the molecule is CCCC1NC(C)C2=C(CNS1)CN1/C(=C3/C(=O)C=CC=C3O2)Cc2ccccc21. The first-order chi connectivity index (χ1) is 14.7. The number of ether oxygens (including phenoxy) is 1. The highest BCUT2D eigenvalue weighted by atomic mass is 32.2. The Morgan fingerprint density at radius 2 is 2.17 bits per heavy atom. The standard InChI is InChI=1S/C24H27N3O2S/c1-3-7-22-26-15(2)24-17(13-25-30-22)14-27-18-9-5-4-8-16(18)12-19(27)23-20(28)10-6-11-21(23)29-24/h4-6,8-11,15,22,25-26H,3,7,12-14H2,1-2H3/b23-19-,24-17?. The van der Waals surface area contributed by atoms with E-state index in [4.69, 9.17) is 4.74 Å². The van der Waals surface area contributed by atoms with Crippen molar-refractivity contribution in [2.24, 2.45) is 0 Å². The number of rotatable bonds is 2. The van der Waals surface area contributed by atoms with Gasteiger partial charge in [0.1, 0.15) is 11.5 Å². The zero-order valence-corrected chi connectivity index (χ0v) is 18.2. The molecular formula is C24H27N3O2S. The summed E-state index contributed by atoms with van der Waals surface area (Å²) in [7, 11) is 0. The number of carbonyl (C=O) groups is 1. The minimum atomic E-state index is 0.0216. The summed E-state index contributed by atoms with van der Waals surface area (Å²) in [6, 6.07) is 8.51. The third-order valence-corrected chi connectivity index (χ3v) is 7.02.